The Morgan fingerprint density at radius 1 is 1.08 bits per heavy atom. The molecule has 2 aromatic rings. The fraction of sp³-hybridized carbons (Fsp3) is 0.600. The summed E-state index contributed by atoms with van der Waals surface area (Å²) in [6.45, 7) is 1.05. The predicted molar refractivity (Wildman–Crippen MR) is 137 cm³/mol. The topological polar surface area (TPSA) is 117 Å². The van der Waals surface area contributed by atoms with Crippen LogP contribution in [0.4, 0.5) is 26.0 Å². The number of benzene rings is 1. The molecule has 3 aliphatic rings. The van der Waals surface area contributed by atoms with Gasteiger partial charge in [-0.15, -0.1) is 0 Å². The molecule has 9 nitrogen and oxygen atoms in total. The third kappa shape index (κ3) is 6.06. The van der Waals surface area contributed by atoms with Crippen LogP contribution in [-0.2, 0) is 10.0 Å². The summed E-state index contributed by atoms with van der Waals surface area (Å²) in [5.41, 5.74) is 1.77. The van der Waals surface area contributed by atoms with E-state index >= 15 is 0 Å². The fourth-order valence-electron chi connectivity index (χ4n) is 5.38. The maximum absolute atomic E-state index is 13.5. The second-order valence-corrected chi connectivity index (χ2v) is 12.4. The minimum atomic E-state index is -3.72. The molecule has 1 saturated heterocycles. The summed E-state index contributed by atoms with van der Waals surface area (Å²) >= 11 is 0. The lowest BCUT2D eigenvalue weighted by molar-refractivity contribution is -0.0449. The quantitative estimate of drug-likeness (QED) is 0.469. The molecular formula is C25H33F2N5O4S. The summed E-state index contributed by atoms with van der Waals surface area (Å²) in [7, 11) is -3.72. The number of alkyl halides is 2. The van der Waals surface area contributed by atoms with E-state index in [1.54, 1.807) is 29.1 Å². The summed E-state index contributed by atoms with van der Waals surface area (Å²) in [5, 5.41) is 16.3. The van der Waals surface area contributed by atoms with E-state index in [1.807, 2.05) is 0 Å². The number of hydrogen-bond donors (Lipinski definition) is 3. The Kier molecular flexibility index (Phi) is 6.90. The predicted octanol–water partition coefficient (Wildman–Crippen LogP) is 4.00. The van der Waals surface area contributed by atoms with Crippen LogP contribution in [0.1, 0.15) is 67.8 Å². The normalized spacial score (nSPS) is 21.1. The Morgan fingerprint density at radius 2 is 1.78 bits per heavy atom. The van der Waals surface area contributed by atoms with Crippen LogP contribution in [0, 0.1) is 5.41 Å². The molecule has 1 spiro atoms. The fourth-order valence-corrected chi connectivity index (χ4v) is 6.21. The smallest absolute Gasteiger partial charge is 0.258 e. The average molecular weight is 538 g/mol. The Bertz CT molecular complexity index is 1240. The Labute approximate surface area is 215 Å². The molecule has 3 N–H and O–H groups in total. The van der Waals surface area contributed by atoms with Gasteiger partial charge in [0.05, 0.1) is 35.3 Å². The number of nitrogens with zero attached hydrogens (tertiary/aromatic N) is 3. The summed E-state index contributed by atoms with van der Waals surface area (Å²) in [6.07, 6.45) is 6.53. The van der Waals surface area contributed by atoms with Crippen molar-refractivity contribution < 1.29 is 27.1 Å². The standard InChI is InChI=1S/C25H33F2N5O4S/c26-25(27)6-3-19(4-7-25)32-12-5-22(29-32)28-23(34)20-2-1-18(30-37(35,36)16-15-33)17-21(20)31-13-10-24(8-9-24)11-14-31/h1-2,5,12,17,19,30,33H,3-4,6-11,13-16H2,(H,28,29,34). The van der Waals surface area contributed by atoms with Crippen LogP contribution < -0.4 is 14.9 Å². The number of sulfonamides is 1. The summed E-state index contributed by atoms with van der Waals surface area (Å²) in [6, 6.07) is 6.30. The van der Waals surface area contributed by atoms with Gasteiger partial charge in [0, 0.05) is 38.2 Å². The molecule has 2 aliphatic carbocycles. The number of anilines is 3. The highest BCUT2D eigenvalue weighted by molar-refractivity contribution is 7.92. The maximum Gasteiger partial charge on any atom is 0.258 e. The number of aliphatic hydroxyl groups is 1. The van der Waals surface area contributed by atoms with E-state index in [0.717, 1.165) is 25.9 Å². The van der Waals surface area contributed by atoms with Crippen molar-refractivity contribution in [2.24, 2.45) is 5.41 Å². The lowest BCUT2D eigenvalue weighted by Gasteiger charge is -2.35. The monoisotopic (exact) mass is 537 g/mol. The van der Waals surface area contributed by atoms with Gasteiger partial charge in [0.2, 0.25) is 15.9 Å². The van der Waals surface area contributed by atoms with Gasteiger partial charge >= 0.3 is 0 Å². The molecule has 2 saturated carbocycles. The molecule has 1 aliphatic heterocycles. The highest BCUT2D eigenvalue weighted by Crippen LogP contribution is 2.54. The summed E-state index contributed by atoms with van der Waals surface area (Å²) in [5.74, 6) is -3.09. The lowest BCUT2D eigenvalue weighted by Crippen LogP contribution is -2.35. The van der Waals surface area contributed by atoms with Gasteiger partial charge in [-0.3, -0.25) is 14.2 Å². The van der Waals surface area contributed by atoms with Crippen LogP contribution in [0.2, 0.25) is 0 Å². The molecule has 0 bridgehead atoms. The SMILES string of the molecule is O=C(Nc1ccn(C2CCC(F)(F)CC2)n1)c1ccc(NS(=O)(=O)CCO)cc1N1CCC2(CC1)CC2. The van der Waals surface area contributed by atoms with E-state index in [-0.39, 0.29) is 24.8 Å². The highest BCUT2D eigenvalue weighted by atomic mass is 32.2. The number of halogens is 2. The Balaban J connectivity index is 1.34. The molecule has 202 valence electrons. The van der Waals surface area contributed by atoms with Crippen molar-refractivity contribution in [3.05, 3.63) is 36.0 Å². The first kappa shape index (κ1) is 25.9. The molecule has 0 unspecified atom stereocenters. The molecule has 3 fully saturated rings. The first-order valence-corrected chi connectivity index (χ1v) is 14.5. The van der Waals surface area contributed by atoms with Crippen LogP contribution in [-0.4, -0.2) is 60.6 Å². The van der Waals surface area contributed by atoms with Gasteiger partial charge in [-0.1, -0.05) is 0 Å². The molecule has 2 heterocycles. The van der Waals surface area contributed by atoms with Crippen molar-refractivity contribution in [2.45, 2.75) is 63.3 Å². The molecule has 1 amide bonds. The van der Waals surface area contributed by atoms with E-state index in [2.05, 4.69) is 20.0 Å². The number of amides is 1. The minimum absolute atomic E-state index is 0.129. The third-order valence-corrected chi connectivity index (χ3v) is 9.18. The van der Waals surface area contributed by atoms with Crippen molar-refractivity contribution in [1.29, 1.82) is 0 Å². The molecule has 12 heteroatoms. The number of hydrogen-bond acceptors (Lipinski definition) is 6. The number of carbonyl (C=O) groups is 1. The molecule has 0 radical (unpaired) electrons. The van der Waals surface area contributed by atoms with Gasteiger partial charge in [0.15, 0.2) is 5.82 Å². The Hall–Kier alpha value is -2.73. The molecule has 1 aromatic heterocycles. The van der Waals surface area contributed by atoms with E-state index < -0.39 is 28.3 Å². The van der Waals surface area contributed by atoms with Gasteiger partial charge in [-0.25, -0.2) is 17.2 Å². The van der Waals surface area contributed by atoms with Crippen molar-refractivity contribution in [3.8, 4) is 0 Å². The van der Waals surface area contributed by atoms with Crippen molar-refractivity contribution in [1.82, 2.24) is 9.78 Å². The molecule has 37 heavy (non-hydrogen) atoms. The molecule has 1 aromatic carbocycles. The number of rotatable bonds is 8. The lowest BCUT2D eigenvalue weighted by atomic mass is 9.92. The van der Waals surface area contributed by atoms with E-state index in [9.17, 15) is 22.0 Å². The van der Waals surface area contributed by atoms with Gasteiger partial charge in [0.1, 0.15) is 0 Å². The van der Waals surface area contributed by atoms with Gasteiger partial charge in [-0.2, -0.15) is 5.10 Å². The summed E-state index contributed by atoms with van der Waals surface area (Å²) < 4.78 is 55.5. The third-order valence-electron chi connectivity index (χ3n) is 7.91. The van der Waals surface area contributed by atoms with E-state index in [0.29, 0.717) is 41.0 Å². The largest absolute Gasteiger partial charge is 0.395 e. The molecule has 0 atom stereocenters. The van der Waals surface area contributed by atoms with E-state index in [1.165, 1.54) is 18.9 Å². The number of aromatic nitrogens is 2. The highest BCUT2D eigenvalue weighted by Gasteiger charge is 2.44. The number of carbonyl (C=O) groups excluding carboxylic acids is 1. The number of nitrogens with one attached hydrogen (secondary N) is 2. The number of piperidine rings is 1. The van der Waals surface area contributed by atoms with Crippen LogP contribution in [0.15, 0.2) is 30.5 Å². The molecule has 5 rings (SSSR count). The summed E-state index contributed by atoms with van der Waals surface area (Å²) in [4.78, 5) is 15.4. The minimum Gasteiger partial charge on any atom is -0.395 e. The van der Waals surface area contributed by atoms with E-state index in [4.69, 9.17) is 5.11 Å². The second-order valence-electron chi connectivity index (χ2n) is 10.6. The second kappa shape index (κ2) is 9.86. The van der Waals surface area contributed by atoms with Crippen LogP contribution in [0.25, 0.3) is 0 Å². The van der Waals surface area contributed by atoms with Gasteiger partial charge < -0.3 is 15.3 Å². The zero-order valence-electron chi connectivity index (χ0n) is 20.6. The zero-order chi connectivity index (χ0) is 26.3. The number of aliphatic hydroxyl groups excluding tert-OH is 1. The van der Waals surface area contributed by atoms with Crippen LogP contribution >= 0.6 is 0 Å². The first-order chi connectivity index (χ1) is 17.6. The first-order valence-electron chi connectivity index (χ1n) is 12.8. The van der Waals surface area contributed by atoms with Crippen molar-refractivity contribution in [3.63, 3.8) is 0 Å². The van der Waals surface area contributed by atoms with Gasteiger partial charge in [0.25, 0.3) is 5.91 Å². The van der Waals surface area contributed by atoms with Crippen LogP contribution in [0.3, 0.4) is 0 Å². The Morgan fingerprint density at radius 3 is 2.43 bits per heavy atom. The maximum atomic E-state index is 13.5. The van der Waals surface area contributed by atoms with Crippen molar-refractivity contribution >= 4 is 33.1 Å². The van der Waals surface area contributed by atoms with Crippen LogP contribution in [0.5, 0.6) is 0 Å². The van der Waals surface area contributed by atoms with Crippen molar-refractivity contribution in [2.75, 3.05) is 40.4 Å². The molecular weight excluding hydrogens is 504 g/mol. The average Bonchev–Trinajstić information content (AvgIpc) is 3.43. The van der Waals surface area contributed by atoms with Gasteiger partial charge in [-0.05, 0) is 62.1 Å². The zero-order valence-corrected chi connectivity index (χ0v) is 21.4.